The van der Waals surface area contributed by atoms with Crippen LogP contribution < -0.4 is 10.1 Å². The van der Waals surface area contributed by atoms with E-state index in [1.807, 2.05) is 30.3 Å². The first-order chi connectivity index (χ1) is 16.1. The number of aromatic nitrogens is 1. The molecule has 0 bridgehead atoms. The van der Waals surface area contributed by atoms with Crippen molar-refractivity contribution >= 4 is 39.1 Å². The number of pyridine rings is 1. The zero-order chi connectivity index (χ0) is 22.8. The number of hydrogen-bond acceptors (Lipinski definition) is 8. The summed E-state index contributed by atoms with van der Waals surface area (Å²) in [6.45, 7) is 3.40. The molecule has 1 saturated heterocycles. The van der Waals surface area contributed by atoms with Crippen molar-refractivity contribution in [3.8, 4) is 5.75 Å². The molecular weight excluding hydrogens is 442 g/mol. The number of nitrogens with one attached hydrogen (secondary N) is 1. The van der Waals surface area contributed by atoms with Gasteiger partial charge in [-0.15, -0.1) is 11.3 Å². The maximum absolute atomic E-state index is 12.7. The molecule has 3 aromatic rings. The third-order valence-corrected chi connectivity index (χ3v) is 6.95. The van der Waals surface area contributed by atoms with Gasteiger partial charge in [-0.1, -0.05) is 18.2 Å². The molecule has 0 spiro atoms. The van der Waals surface area contributed by atoms with Gasteiger partial charge in [0.05, 0.1) is 18.5 Å². The molecule has 0 saturated carbocycles. The Hall–Kier alpha value is -3.01. The Kier molecular flexibility index (Phi) is 6.26. The summed E-state index contributed by atoms with van der Waals surface area (Å²) in [6, 6.07) is 11.9. The molecule has 1 amide bonds. The van der Waals surface area contributed by atoms with E-state index in [4.69, 9.17) is 19.2 Å². The summed E-state index contributed by atoms with van der Waals surface area (Å²) >= 11 is 1.23. The lowest BCUT2D eigenvalue weighted by Gasteiger charge is -2.18. The van der Waals surface area contributed by atoms with E-state index in [9.17, 15) is 9.59 Å². The van der Waals surface area contributed by atoms with Crippen LogP contribution in [0.2, 0.25) is 0 Å². The van der Waals surface area contributed by atoms with Gasteiger partial charge in [0.1, 0.15) is 28.2 Å². The van der Waals surface area contributed by atoms with Crippen molar-refractivity contribution in [2.24, 2.45) is 0 Å². The van der Waals surface area contributed by atoms with Gasteiger partial charge in [-0.3, -0.25) is 9.69 Å². The molecule has 0 unspecified atom stereocenters. The second-order valence-electron chi connectivity index (χ2n) is 8.11. The van der Waals surface area contributed by atoms with Gasteiger partial charge in [-0.25, -0.2) is 9.78 Å². The molecule has 5 rings (SSSR count). The number of benzene rings is 1. The summed E-state index contributed by atoms with van der Waals surface area (Å²) in [6.07, 6.45) is 1.03. The normalized spacial score (nSPS) is 18.4. The Balaban J connectivity index is 1.40. The Labute approximate surface area is 195 Å². The summed E-state index contributed by atoms with van der Waals surface area (Å²) in [5.74, 6) is 0.184. The van der Waals surface area contributed by atoms with E-state index in [0.29, 0.717) is 41.6 Å². The summed E-state index contributed by atoms with van der Waals surface area (Å²) in [5, 5.41) is 3.61. The highest BCUT2D eigenvalue weighted by molar-refractivity contribution is 7.21. The third-order valence-electron chi connectivity index (χ3n) is 5.87. The lowest BCUT2D eigenvalue weighted by Crippen LogP contribution is -2.27. The highest BCUT2D eigenvalue weighted by Gasteiger charge is 2.28. The van der Waals surface area contributed by atoms with Crippen LogP contribution >= 0.6 is 11.3 Å². The van der Waals surface area contributed by atoms with Gasteiger partial charge >= 0.3 is 5.97 Å². The van der Waals surface area contributed by atoms with E-state index in [1.54, 1.807) is 0 Å². The van der Waals surface area contributed by atoms with Crippen LogP contribution in [-0.2, 0) is 27.4 Å². The average molecular weight is 468 g/mol. The molecule has 2 aliphatic heterocycles. The van der Waals surface area contributed by atoms with Gasteiger partial charge in [-0.2, -0.15) is 0 Å². The number of rotatable bonds is 5. The molecule has 1 fully saturated rings. The fourth-order valence-electron chi connectivity index (χ4n) is 4.20. The van der Waals surface area contributed by atoms with Gasteiger partial charge in [0.25, 0.3) is 5.91 Å². The monoisotopic (exact) mass is 467 g/mol. The van der Waals surface area contributed by atoms with E-state index in [2.05, 4.69) is 16.3 Å². The second-order valence-corrected chi connectivity index (χ2v) is 9.11. The van der Waals surface area contributed by atoms with Crippen LogP contribution in [0, 0.1) is 0 Å². The number of hydrogen-bond donors (Lipinski definition) is 1. The third kappa shape index (κ3) is 4.57. The first-order valence-electron chi connectivity index (χ1n) is 11.0. The fourth-order valence-corrected chi connectivity index (χ4v) is 5.26. The largest absolute Gasteiger partial charge is 0.492 e. The van der Waals surface area contributed by atoms with Gasteiger partial charge in [-0.05, 0) is 31.0 Å². The van der Waals surface area contributed by atoms with Crippen molar-refractivity contribution in [2.75, 3.05) is 32.2 Å². The van der Waals surface area contributed by atoms with E-state index in [1.165, 1.54) is 18.4 Å². The predicted molar refractivity (Wildman–Crippen MR) is 125 cm³/mol. The Morgan fingerprint density at radius 1 is 1.24 bits per heavy atom. The van der Waals surface area contributed by atoms with Crippen molar-refractivity contribution in [1.29, 1.82) is 0 Å². The second kappa shape index (κ2) is 9.46. The number of carbonyl (C=O) groups excluding carboxylic acids is 2. The number of amides is 1. The number of carbonyl (C=O) groups is 2. The summed E-state index contributed by atoms with van der Waals surface area (Å²) < 4.78 is 16.3. The first-order valence-corrected chi connectivity index (χ1v) is 11.8. The number of anilines is 1. The SMILES string of the molecule is COC(=O)c1sc2nc(CN3CCOc4ccccc4C3)ccc2c1NC(=O)[C@@H]1CCCO1. The molecule has 2 aliphatic rings. The molecule has 1 N–H and O–H groups in total. The predicted octanol–water partition coefficient (Wildman–Crippen LogP) is 3.60. The van der Waals surface area contributed by atoms with Gasteiger partial charge in [0, 0.05) is 37.2 Å². The van der Waals surface area contributed by atoms with Gasteiger partial charge in [0.15, 0.2) is 0 Å². The molecule has 4 heterocycles. The van der Waals surface area contributed by atoms with Crippen molar-refractivity contribution in [3.05, 3.63) is 52.5 Å². The molecule has 1 aromatic carbocycles. The summed E-state index contributed by atoms with van der Waals surface area (Å²) in [4.78, 5) is 33.2. The molecule has 8 nitrogen and oxygen atoms in total. The van der Waals surface area contributed by atoms with E-state index >= 15 is 0 Å². The van der Waals surface area contributed by atoms with Gasteiger partial charge in [0.2, 0.25) is 0 Å². The lowest BCUT2D eigenvalue weighted by atomic mass is 10.2. The molecule has 0 radical (unpaired) electrons. The topological polar surface area (TPSA) is 90.0 Å². The molecule has 9 heteroatoms. The number of ether oxygens (including phenoxy) is 3. The summed E-state index contributed by atoms with van der Waals surface area (Å²) in [5.41, 5.74) is 2.48. The van der Waals surface area contributed by atoms with Crippen molar-refractivity contribution < 1.29 is 23.8 Å². The number of para-hydroxylation sites is 1. The van der Waals surface area contributed by atoms with Crippen LogP contribution in [-0.4, -0.2) is 54.7 Å². The maximum Gasteiger partial charge on any atom is 0.350 e. The van der Waals surface area contributed by atoms with E-state index in [-0.39, 0.29) is 5.91 Å². The first kappa shape index (κ1) is 21.8. The number of fused-ring (bicyclic) bond motifs is 2. The Morgan fingerprint density at radius 2 is 2.12 bits per heavy atom. The minimum Gasteiger partial charge on any atom is -0.492 e. The standard InChI is InChI=1S/C24H25N3O5S/c1-30-24(29)21-20(26-22(28)19-7-4-11-31-19)17-9-8-16(25-23(17)33-21)14-27-10-12-32-18-6-3-2-5-15(18)13-27/h2-3,5-6,8-9,19H,4,7,10-14H2,1H3,(H,26,28)/t19-/m0/s1. The highest BCUT2D eigenvalue weighted by Crippen LogP contribution is 2.36. The Morgan fingerprint density at radius 3 is 2.94 bits per heavy atom. The smallest absolute Gasteiger partial charge is 0.350 e. The van der Waals surface area contributed by atoms with Crippen LogP contribution in [0.1, 0.15) is 33.8 Å². The minimum absolute atomic E-state index is 0.246. The molecular formula is C24H25N3O5S. The Bertz CT molecular complexity index is 1190. The van der Waals surface area contributed by atoms with Crippen molar-refractivity contribution in [1.82, 2.24) is 9.88 Å². The van der Waals surface area contributed by atoms with Crippen molar-refractivity contribution in [2.45, 2.75) is 32.0 Å². The van der Waals surface area contributed by atoms with Gasteiger partial charge < -0.3 is 19.5 Å². The number of esters is 1. The fraction of sp³-hybridized carbons (Fsp3) is 0.375. The number of methoxy groups -OCH3 is 1. The van der Waals surface area contributed by atoms with E-state index < -0.39 is 12.1 Å². The highest BCUT2D eigenvalue weighted by atomic mass is 32.1. The van der Waals surface area contributed by atoms with Crippen LogP contribution in [0.5, 0.6) is 5.75 Å². The average Bonchev–Trinajstić information content (AvgIpc) is 3.43. The number of nitrogens with zero attached hydrogens (tertiary/aromatic N) is 2. The minimum atomic E-state index is -0.497. The molecule has 0 aliphatic carbocycles. The van der Waals surface area contributed by atoms with Crippen LogP contribution in [0.3, 0.4) is 0 Å². The molecule has 1 atom stereocenters. The van der Waals surface area contributed by atoms with Crippen LogP contribution in [0.15, 0.2) is 36.4 Å². The van der Waals surface area contributed by atoms with Crippen LogP contribution in [0.4, 0.5) is 5.69 Å². The lowest BCUT2D eigenvalue weighted by molar-refractivity contribution is -0.124. The van der Waals surface area contributed by atoms with Crippen molar-refractivity contribution in [3.63, 3.8) is 0 Å². The quantitative estimate of drug-likeness (QED) is 0.574. The van der Waals surface area contributed by atoms with E-state index in [0.717, 1.165) is 41.9 Å². The maximum atomic E-state index is 12.7. The molecule has 2 aromatic heterocycles. The molecule has 33 heavy (non-hydrogen) atoms. The van der Waals surface area contributed by atoms with Crippen LogP contribution in [0.25, 0.3) is 10.2 Å². The zero-order valence-corrected chi connectivity index (χ0v) is 19.2. The summed E-state index contributed by atoms with van der Waals surface area (Å²) in [7, 11) is 1.33. The molecule has 172 valence electrons. The number of thiophene rings is 1. The zero-order valence-electron chi connectivity index (χ0n) is 18.3.